The molecule has 0 radical (unpaired) electrons. The Hall–Kier alpha value is -3.61. The molecule has 0 saturated carbocycles. The normalized spacial score (nSPS) is 21.1. The lowest BCUT2D eigenvalue weighted by Gasteiger charge is -2.13. The van der Waals surface area contributed by atoms with Crippen molar-refractivity contribution in [2.75, 3.05) is 10.0 Å². The molecule has 0 N–H and O–H groups in total. The van der Waals surface area contributed by atoms with E-state index in [0.717, 1.165) is 0 Å². The summed E-state index contributed by atoms with van der Waals surface area (Å²) in [5.74, 6) is -0.637. The van der Waals surface area contributed by atoms with Crippen LogP contribution >= 0.6 is 0 Å². The van der Waals surface area contributed by atoms with Gasteiger partial charge >= 0.3 is 0 Å². The first kappa shape index (κ1) is 16.8. The Labute approximate surface area is 156 Å². The van der Waals surface area contributed by atoms with Crippen LogP contribution in [0.4, 0.5) is 11.4 Å². The lowest BCUT2D eigenvalue weighted by atomic mass is 10.1. The molecule has 0 aromatic heterocycles. The Bertz CT molecular complexity index is 996. The third-order valence-electron chi connectivity index (χ3n) is 4.34. The standard InChI is InChI=1S/C20H17N5O2/c1-13-17(19(26)24(22-13)15-9-5-3-6-10-15)21-18-14(2)23-25(20(18)27)16-11-7-4-8-12-16/h3-12,17H,1-2H3. The van der Waals surface area contributed by atoms with Gasteiger partial charge in [0.05, 0.1) is 22.8 Å². The summed E-state index contributed by atoms with van der Waals surface area (Å²) in [6.45, 7) is 3.44. The minimum Gasteiger partial charge on any atom is -0.270 e. The van der Waals surface area contributed by atoms with Crippen molar-refractivity contribution in [2.24, 2.45) is 15.2 Å². The van der Waals surface area contributed by atoms with Gasteiger partial charge in [0, 0.05) is 0 Å². The monoisotopic (exact) mass is 359 g/mol. The van der Waals surface area contributed by atoms with Gasteiger partial charge in [0.15, 0.2) is 6.04 Å². The predicted octanol–water partition coefficient (Wildman–Crippen LogP) is 2.64. The maximum atomic E-state index is 12.8. The molecule has 7 heteroatoms. The highest BCUT2D eigenvalue weighted by atomic mass is 16.2. The molecular formula is C20H17N5O2. The third-order valence-corrected chi connectivity index (χ3v) is 4.34. The number of hydrogen-bond acceptors (Lipinski definition) is 5. The van der Waals surface area contributed by atoms with Crippen LogP contribution in [0.15, 0.2) is 75.9 Å². The number of amides is 2. The first-order valence-electron chi connectivity index (χ1n) is 8.53. The molecule has 2 aromatic carbocycles. The quantitative estimate of drug-likeness (QED) is 0.845. The smallest absolute Gasteiger partial charge is 0.270 e. The number of hydrazone groups is 2. The Balaban J connectivity index is 1.63. The van der Waals surface area contributed by atoms with Crippen LogP contribution in [0.2, 0.25) is 0 Å². The molecule has 0 aliphatic carbocycles. The van der Waals surface area contributed by atoms with Crippen molar-refractivity contribution >= 4 is 40.3 Å². The number of para-hydroxylation sites is 2. The van der Waals surface area contributed by atoms with E-state index in [2.05, 4.69) is 15.2 Å². The van der Waals surface area contributed by atoms with E-state index in [-0.39, 0.29) is 17.5 Å². The topological polar surface area (TPSA) is 77.7 Å². The van der Waals surface area contributed by atoms with Crippen LogP contribution in [0.5, 0.6) is 0 Å². The number of aliphatic imine (C=N–C) groups is 1. The van der Waals surface area contributed by atoms with Crippen molar-refractivity contribution in [3.63, 3.8) is 0 Å². The Morgan fingerprint density at radius 1 is 0.815 bits per heavy atom. The largest absolute Gasteiger partial charge is 0.298 e. The van der Waals surface area contributed by atoms with Crippen LogP contribution in [0.1, 0.15) is 13.8 Å². The maximum Gasteiger partial charge on any atom is 0.298 e. The number of benzene rings is 2. The Morgan fingerprint density at radius 3 is 1.96 bits per heavy atom. The number of anilines is 2. The average molecular weight is 359 g/mol. The van der Waals surface area contributed by atoms with Crippen LogP contribution in [-0.2, 0) is 9.59 Å². The van der Waals surface area contributed by atoms with Crippen LogP contribution in [0.3, 0.4) is 0 Å². The second kappa shape index (κ2) is 6.60. The van der Waals surface area contributed by atoms with Crippen LogP contribution in [0, 0.1) is 0 Å². The number of carbonyl (C=O) groups is 2. The molecule has 1 atom stereocenters. The van der Waals surface area contributed by atoms with Crippen molar-refractivity contribution < 1.29 is 9.59 Å². The van der Waals surface area contributed by atoms with Gasteiger partial charge in [-0.05, 0) is 38.1 Å². The summed E-state index contributed by atoms with van der Waals surface area (Å²) in [5, 5.41) is 11.2. The fraction of sp³-hybridized carbons (Fsp3) is 0.150. The van der Waals surface area contributed by atoms with Crippen molar-refractivity contribution in [1.29, 1.82) is 0 Å². The van der Waals surface area contributed by atoms with E-state index in [0.29, 0.717) is 22.8 Å². The van der Waals surface area contributed by atoms with Crippen LogP contribution in [-0.4, -0.2) is 35.0 Å². The fourth-order valence-electron chi connectivity index (χ4n) is 2.98. The van der Waals surface area contributed by atoms with Crippen molar-refractivity contribution in [3.8, 4) is 0 Å². The highest BCUT2D eigenvalue weighted by Crippen LogP contribution is 2.24. The number of carbonyl (C=O) groups excluding carboxylic acids is 2. The molecule has 7 nitrogen and oxygen atoms in total. The molecule has 0 fully saturated rings. The highest BCUT2D eigenvalue weighted by molar-refractivity contribution is 6.71. The fourth-order valence-corrected chi connectivity index (χ4v) is 2.98. The number of hydrogen-bond donors (Lipinski definition) is 0. The zero-order valence-electron chi connectivity index (χ0n) is 14.9. The van der Waals surface area contributed by atoms with Crippen LogP contribution in [0.25, 0.3) is 0 Å². The minimum atomic E-state index is -0.829. The van der Waals surface area contributed by atoms with E-state index in [1.54, 1.807) is 38.1 Å². The second-order valence-corrected chi connectivity index (χ2v) is 6.25. The number of rotatable bonds is 3. The summed E-state index contributed by atoms with van der Waals surface area (Å²) >= 11 is 0. The van der Waals surface area contributed by atoms with Gasteiger partial charge in [-0.1, -0.05) is 36.4 Å². The van der Waals surface area contributed by atoms with E-state index in [9.17, 15) is 9.59 Å². The summed E-state index contributed by atoms with van der Waals surface area (Å²) in [6.07, 6.45) is 0. The molecule has 0 bridgehead atoms. The Kier molecular flexibility index (Phi) is 4.12. The van der Waals surface area contributed by atoms with Gasteiger partial charge in [-0.3, -0.25) is 14.6 Å². The van der Waals surface area contributed by atoms with Gasteiger partial charge in [-0.15, -0.1) is 0 Å². The van der Waals surface area contributed by atoms with Crippen molar-refractivity contribution in [3.05, 3.63) is 60.7 Å². The van der Waals surface area contributed by atoms with Gasteiger partial charge in [0.1, 0.15) is 5.71 Å². The molecule has 27 heavy (non-hydrogen) atoms. The van der Waals surface area contributed by atoms with Gasteiger partial charge < -0.3 is 0 Å². The number of nitrogens with zero attached hydrogens (tertiary/aromatic N) is 5. The second-order valence-electron chi connectivity index (χ2n) is 6.25. The summed E-state index contributed by atoms with van der Waals surface area (Å²) in [4.78, 5) is 30.0. The summed E-state index contributed by atoms with van der Waals surface area (Å²) in [5.41, 5.74) is 2.51. The molecule has 2 heterocycles. The molecule has 4 rings (SSSR count). The molecule has 2 aliphatic heterocycles. The summed E-state index contributed by atoms with van der Waals surface area (Å²) in [7, 11) is 0. The van der Waals surface area contributed by atoms with E-state index in [1.807, 2.05) is 36.4 Å². The van der Waals surface area contributed by atoms with Gasteiger partial charge in [0.2, 0.25) is 0 Å². The third kappa shape index (κ3) is 2.93. The molecule has 2 aliphatic rings. The SMILES string of the molecule is CC1=NN(c2ccccc2)C(=O)C1=NC1C(=O)N(c2ccccc2)N=C1C. The van der Waals surface area contributed by atoms with Crippen LogP contribution < -0.4 is 10.0 Å². The average Bonchev–Trinajstić information content (AvgIpc) is 3.14. The highest BCUT2D eigenvalue weighted by Gasteiger charge is 2.38. The van der Waals surface area contributed by atoms with Gasteiger partial charge in [-0.2, -0.15) is 20.2 Å². The van der Waals surface area contributed by atoms with Crippen molar-refractivity contribution in [2.45, 2.75) is 19.9 Å². The van der Waals surface area contributed by atoms with E-state index < -0.39 is 6.04 Å². The van der Waals surface area contributed by atoms with E-state index in [1.165, 1.54) is 10.0 Å². The van der Waals surface area contributed by atoms with Gasteiger partial charge in [0.25, 0.3) is 11.8 Å². The zero-order chi connectivity index (χ0) is 19.0. The summed E-state index contributed by atoms with van der Waals surface area (Å²) < 4.78 is 0. The summed E-state index contributed by atoms with van der Waals surface area (Å²) in [6, 6.07) is 17.4. The molecule has 1 unspecified atom stereocenters. The predicted molar refractivity (Wildman–Crippen MR) is 105 cm³/mol. The lowest BCUT2D eigenvalue weighted by molar-refractivity contribution is -0.117. The molecular weight excluding hydrogens is 342 g/mol. The molecule has 0 saturated heterocycles. The molecule has 2 aromatic rings. The Morgan fingerprint density at radius 2 is 1.37 bits per heavy atom. The zero-order valence-corrected chi connectivity index (χ0v) is 14.9. The lowest BCUT2D eigenvalue weighted by Crippen LogP contribution is -2.34. The van der Waals surface area contributed by atoms with E-state index >= 15 is 0 Å². The maximum absolute atomic E-state index is 12.8. The molecule has 2 amide bonds. The first-order chi connectivity index (χ1) is 13.1. The molecule has 0 spiro atoms. The van der Waals surface area contributed by atoms with Gasteiger partial charge in [-0.25, -0.2) is 0 Å². The molecule has 134 valence electrons. The van der Waals surface area contributed by atoms with Crippen molar-refractivity contribution in [1.82, 2.24) is 0 Å². The first-order valence-corrected chi connectivity index (χ1v) is 8.53. The van der Waals surface area contributed by atoms with E-state index in [4.69, 9.17) is 0 Å². The minimum absolute atomic E-state index is 0.182.